The molecule has 2 N–H and O–H groups in total. The predicted molar refractivity (Wildman–Crippen MR) is 80.4 cm³/mol. The van der Waals surface area contributed by atoms with Crippen LogP contribution in [0.3, 0.4) is 0 Å². The van der Waals surface area contributed by atoms with Gasteiger partial charge in [-0.05, 0) is 44.5 Å². The SMILES string of the molecule is CC(N)C1CCCCN1Cc1cc(Cl)ccc1F.Cl. The molecular weight excluding hydrogens is 286 g/mol. The number of likely N-dealkylation sites (tertiary alicyclic amines) is 1. The van der Waals surface area contributed by atoms with Crippen LogP contribution in [0.5, 0.6) is 0 Å². The molecule has 2 nitrogen and oxygen atoms in total. The third-order valence-corrected chi connectivity index (χ3v) is 3.89. The van der Waals surface area contributed by atoms with Gasteiger partial charge in [-0.25, -0.2) is 4.39 Å². The van der Waals surface area contributed by atoms with Gasteiger partial charge in [0.25, 0.3) is 0 Å². The Balaban J connectivity index is 0.00000180. The fourth-order valence-electron chi connectivity index (χ4n) is 2.69. The number of nitrogens with zero attached hydrogens (tertiary/aromatic N) is 1. The summed E-state index contributed by atoms with van der Waals surface area (Å²) in [7, 11) is 0. The van der Waals surface area contributed by atoms with Gasteiger partial charge in [-0.2, -0.15) is 0 Å². The number of nitrogens with two attached hydrogens (primary N) is 1. The van der Waals surface area contributed by atoms with Crippen molar-refractivity contribution in [2.45, 2.75) is 44.8 Å². The van der Waals surface area contributed by atoms with E-state index in [1.807, 2.05) is 6.92 Å². The molecular formula is C14H21Cl2FN2. The fraction of sp³-hybridized carbons (Fsp3) is 0.571. The van der Waals surface area contributed by atoms with Crippen LogP contribution in [0.25, 0.3) is 0 Å². The maximum Gasteiger partial charge on any atom is 0.127 e. The summed E-state index contributed by atoms with van der Waals surface area (Å²) < 4.78 is 13.7. The second kappa shape index (κ2) is 7.44. The highest BCUT2D eigenvalue weighted by molar-refractivity contribution is 6.30. The quantitative estimate of drug-likeness (QED) is 0.924. The van der Waals surface area contributed by atoms with E-state index in [9.17, 15) is 4.39 Å². The first-order valence-electron chi connectivity index (χ1n) is 6.51. The number of hydrogen-bond acceptors (Lipinski definition) is 2. The molecule has 19 heavy (non-hydrogen) atoms. The first-order chi connectivity index (χ1) is 8.58. The lowest BCUT2D eigenvalue weighted by Gasteiger charge is -2.38. The maximum atomic E-state index is 13.7. The Hall–Kier alpha value is -0.350. The molecule has 1 heterocycles. The van der Waals surface area contributed by atoms with Crippen LogP contribution < -0.4 is 5.73 Å². The number of hydrogen-bond donors (Lipinski definition) is 1. The highest BCUT2D eigenvalue weighted by Crippen LogP contribution is 2.23. The topological polar surface area (TPSA) is 29.3 Å². The minimum atomic E-state index is -0.187. The summed E-state index contributed by atoms with van der Waals surface area (Å²) in [6, 6.07) is 5.19. The van der Waals surface area contributed by atoms with E-state index in [0.29, 0.717) is 23.2 Å². The Morgan fingerprint density at radius 2 is 2.21 bits per heavy atom. The molecule has 2 rings (SSSR count). The Bertz CT molecular complexity index is 412. The smallest absolute Gasteiger partial charge is 0.127 e. The van der Waals surface area contributed by atoms with Gasteiger partial charge in [0.05, 0.1) is 0 Å². The van der Waals surface area contributed by atoms with Gasteiger partial charge in [0.2, 0.25) is 0 Å². The van der Waals surface area contributed by atoms with Gasteiger partial charge < -0.3 is 5.73 Å². The molecule has 108 valence electrons. The van der Waals surface area contributed by atoms with Crippen molar-refractivity contribution >= 4 is 24.0 Å². The van der Waals surface area contributed by atoms with Crippen LogP contribution in [-0.2, 0) is 6.54 Å². The summed E-state index contributed by atoms with van der Waals surface area (Å²) in [5.41, 5.74) is 6.68. The minimum absolute atomic E-state index is 0. The molecule has 0 spiro atoms. The number of halogens is 3. The summed E-state index contributed by atoms with van der Waals surface area (Å²) in [5, 5.41) is 0.584. The van der Waals surface area contributed by atoms with E-state index >= 15 is 0 Å². The maximum absolute atomic E-state index is 13.7. The van der Waals surface area contributed by atoms with Crippen LogP contribution in [0.15, 0.2) is 18.2 Å². The average Bonchev–Trinajstić information content (AvgIpc) is 2.34. The number of piperidine rings is 1. The standard InChI is InChI=1S/C14H20ClFN2.ClH/c1-10(17)14-4-2-3-7-18(14)9-11-8-12(15)5-6-13(11)16;/h5-6,8,10,14H,2-4,7,9,17H2,1H3;1H. The van der Waals surface area contributed by atoms with Crippen LogP contribution >= 0.6 is 24.0 Å². The van der Waals surface area contributed by atoms with Gasteiger partial charge >= 0.3 is 0 Å². The molecule has 0 saturated carbocycles. The van der Waals surface area contributed by atoms with Gasteiger partial charge in [0, 0.05) is 29.2 Å². The van der Waals surface area contributed by atoms with E-state index in [-0.39, 0.29) is 24.3 Å². The number of rotatable bonds is 3. The molecule has 0 amide bonds. The summed E-state index contributed by atoms with van der Waals surface area (Å²) in [6.45, 7) is 3.61. The van der Waals surface area contributed by atoms with Crippen molar-refractivity contribution in [3.63, 3.8) is 0 Å². The van der Waals surface area contributed by atoms with Crippen molar-refractivity contribution in [3.8, 4) is 0 Å². The van der Waals surface area contributed by atoms with Crippen LogP contribution in [0, 0.1) is 5.82 Å². The molecule has 1 aromatic carbocycles. The zero-order valence-electron chi connectivity index (χ0n) is 11.1. The lowest BCUT2D eigenvalue weighted by atomic mass is 9.96. The third kappa shape index (κ3) is 4.32. The second-order valence-electron chi connectivity index (χ2n) is 5.13. The zero-order valence-corrected chi connectivity index (χ0v) is 12.7. The van der Waals surface area contributed by atoms with Crippen LogP contribution in [0.2, 0.25) is 5.02 Å². The van der Waals surface area contributed by atoms with Crippen LogP contribution in [0.1, 0.15) is 31.7 Å². The monoisotopic (exact) mass is 306 g/mol. The van der Waals surface area contributed by atoms with E-state index in [1.54, 1.807) is 12.1 Å². The zero-order chi connectivity index (χ0) is 13.1. The Morgan fingerprint density at radius 1 is 1.47 bits per heavy atom. The van der Waals surface area contributed by atoms with Gasteiger partial charge in [-0.15, -0.1) is 12.4 Å². The van der Waals surface area contributed by atoms with Crippen molar-refractivity contribution in [1.29, 1.82) is 0 Å². The van der Waals surface area contributed by atoms with Crippen molar-refractivity contribution < 1.29 is 4.39 Å². The lowest BCUT2D eigenvalue weighted by Crippen LogP contribution is -2.48. The molecule has 0 radical (unpaired) electrons. The second-order valence-corrected chi connectivity index (χ2v) is 5.56. The average molecular weight is 307 g/mol. The van der Waals surface area contributed by atoms with E-state index < -0.39 is 0 Å². The molecule has 1 fully saturated rings. The molecule has 1 aromatic rings. The molecule has 0 bridgehead atoms. The lowest BCUT2D eigenvalue weighted by molar-refractivity contribution is 0.121. The van der Waals surface area contributed by atoms with Crippen molar-refractivity contribution in [2.75, 3.05) is 6.54 Å². The van der Waals surface area contributed by atoms with E-state index in [0.717, 1.165) is 19.4 Å². The number of benzene rings is 1. The largest absolute Gasteiger partial charge is 0.327 e. The molecule has 1 aliphatic rings. The molecule has 2 unspecified atom stereocenters. The van der Waals surface area contributed by atoms with Gasteiger partial charge in [0.1, 0.15) is 5.82 Å². The van der Waals surface area contributed by atoms with E-state index in [2.05, 4.69) is 4.90 Å². The first-order valence-corrected chi connectivity index (χ1v) is 6.89. The molecule has 1 saturated heterocycles. The highest BCUT2D eigenvalue weighted by Gasteiger charge is 2.25. The highest BCUT2D eigenvalue weighted by atomic mass is 35.5. The Kier molecular flexibility index (Phi) is 6.54. The van der Waals surface area contributed by atoms with E-state index in [4.69, 9.17) is 17.3 Å². The van der Waals surface area contributed by atoms with Crippen LogP contribution in [0.4, 0.5) is 4.39 Å². The summed E-state index contributed by atoms with van der Waals surface area (Å²) in [5.74, 6) is -0.187. The van der Waals surface area contributed by atoms with Gasteiger partial charge in [-0.1, -0.05) is 18.0 Å². The Morgan fingerprint density at radius 3 is 2.89 bits per heavy atom. The molecule has 0 aliphatic carbocycles. The van der Waals surface area contributed by atoms with Crippen molar-refractivity contribution in [3.05, 3.63) is 34.6 Å². The van der Waals surface area contributed by atoms with E-state index in [1.165, 1.54) is 12.5 Å². The van der Waals surface area contributed by atoms with Gasteiger partial charge in [-0.3, -0.25) is 4.90 Å². The summed E-state index contributed by atoms with van der Waals surface area (Å²) in [6.07, 6.45) is 3.46. The van der Waals surface area contributed by atoms with Gasteiger partial charge in [0.15, 0.2) is 0 Å². The molecule has 0 aromatic heterocycles. The Labute approximate surface area is 125 Å². The summed E-state index contributed by atoms with van der Waals surface area (Å²) in [4.78, 5) is 2.28. The molecule has 5 heteroatoms. The third-order valence-electron chi connectivity index (χ3n) is 3.65. The minimum Gasteiger partial charge on any atom is -0.327 e. The van der Waals surface area contributed by atoms with Crippen molar-refractivity contribution in [2.24, 2.45) is 5.73 Å². The predicted octanol–water partition coefficient (Wildman–Crippen LogP) is 3.60. The fourth-order valence-corrected chi connectivity index (χ4v) is 2.89. The van der Waals surface area contributed by atoms with Crippen LogP contribution in [-0.4, -0.2) is 23.5 Å². The first kappa shape index (κ1) is 16.7. The van der Waals surface area contributed by atoms with Crippen molar-refractivity contribution in [1.82, 2.24) is 4.90 Å². The molecule has 2 atom stereocenters. The summed E-state index contributed by atoms with van der Waals surface area (Å²) >= 11 is 5.92. The normalized spacial score (nSPS) is 21.8. The molecule has 1 aliphatic heterocycles.